The van der Waals surface area contributed by atoms with E-state index in [2.05, 4.69) is 10.3 Å². The normalized spacial score (nSPS) is 23.4. The van der Waals surface area contributed by atoms with Gasteiger partial charge in [-0.1, -0.05) is 24.4 Å². The van der Waals surface area contributed by atoms with Crippen molar-refractivity contribution in [3.63, 3.8) is 0 Å². The van der Waals surface area contributed by atoms with Crippen LogP contribution in [0.3, 0.4) is 0 Å². The van der Waals surface area contributed by atoms with Gasteiger partial charge >= 0.3 is 0 Å². The first kappa shape index (κ1) is 18.0. The molecule has 134 valence electrons. The summed E-state index contributed by atoms with van der Waals surface area (Å²) in [5.41, 5.74) is 7.55. The first-order chi connectivity index (χ1) is 11.9. The van der Waals surface area contributed by atoms with Gasteiger partial charge in [0, 0.05) is 16.1 Å². The van der Waals surface area contributed by atoms with Crippen molar-refractivity contribution in [2.24, 2.45) is 11.7 Å². The van der Waals surface area contributed by atoms with Crippen LogP contribution in [0, 0.1) is 12.8 Å². The topological polar surface area (TPSA) is 81.2 Å². The SMILES string of the molecule is Cc1nc(CNC(=O)C2CCCCC2(C)N)oc1-c1ccc(Cl)cc1. The average molecular weight is 362 g/mol. The van der Waals surface area contributed by atoms with Crippen molar-refractivity contribution < 1.29 is 9.21 Å². The second-order valence-electron chi connectivity index (χ2n) is 7.05. The molecule has 1 heterocycles. The Morgan fingerprint density at radius 1 is 1.40 bits per heavy atom. The molecule has 0 saturated heterocycles. The molecule has 0 spiro atoms. The van der Waals surface area contributed by atoms with Crippen LogP contribution in [0.15, 0.2) is 28.7 Å². The maximum atomic E-state index is 12.5. The first-order valence-corrected chi connectivity index (χ1v) is 9.03. The smallest absolute Gasteiger partial charge is 0.225 e. The summed E-state index contributed by atoms with van der Waals surface area (Å²) in [5.74, 6) is 1.01. The number of nitrogens with two attached hydrogens (primary N) is 1. The fourth-order valence-corrected chi connectivity index (χ4v) is 3.60. The summed E-state index contributed by atoms with van der Waals surface area (Å²) >= 11 is 5.92. The molecule has 0 bridgehead atoms. The first-order valence-electron chi connectivity index (χ1n) is 8.65. The number of benzene rings is 1. The molecule has 5 nitrogen and oxygen atoms in total. The molecule has 2 unspecified atom stereocenters. The fourth-order valence-electron chi connectivity index (χ4n) is 3.47. The molecule has 1 saturated carbocycles. The lowest BCUT2D eigenvalue weighted by Crippen LogP contribution is -2.52. The summed E-state index contributed by atoms with van der Waals surface area (Å²) in [5, 5.41) is 3.60. The van der Waals surface area contributed by atoms with Gasteiger partial charge in [0.15, 0.2) is 5.76 Å². The van der Waals surface area contributed by atoms with E-state index in [-0.39, 0.29) is 18.4 Å². The highest BCUT2D eigenvalue weighted by molar-refractivity contribution is 6.30. The number of hydrogen-bond donors (Lipinski definition) is 2. The van der Waals surface area contributed by atoms with E-state index in [1.54, 1.807) is 0 Å². The number of amides is 1. The third kappa shape index (κ3) is 4.05. The standard InChI is InChI=1S/C19H24ClN3O2/c1-12-17(13-6-8-14(20)9-7-13)25-16(23-12)11-22-18(24)15-5-3-4-10-19(15,2)21/h6-9,15H,3-5,10-11,21H2,1-2H3,(H,22,24). The largest absolute Gasteiger partial charge is 0.438 e. The Morgan fingerprint density at radius 3 is 2.80 bits per heavy atom. The number of hydrogen-bond acceptors (Lipinski definition) is 4. The van der Waals surface area contributed by atoms with Crippen LogP contribution < -0.4 is 11.1 Å². The second-order valence-corrected chi connectivity index (χ2v) is 7.49. The van der Waals surface area contributed by atoms with Crippen LogP contribution >= 0.6 is 11.6 Å². The van der Waals surface area contributed by atoms with Gasteiger partial charge in [-0.25, -0.2) is 4.98 Å². The number of oxazole rings is 1. The maximum absolute atomic E-state index is 12.5. The van der Waals surface area contributed by atoms with Crippen LogP contribution in [0.2, 0.25) is 5.02 Å². The Morgan fingerprint density at radius 2 is 2.12 bits per heavy atom. The summed E-state index contributed by atoms with van der Waals surface area (Å²) in [6, 6.07) is 7.40. The molecule has 1 aliphatic carbocycles. The van der Waals surface area contributed by atoms with Gasteiger partial charge in [0.2, 0.25) is 11.8 Å². The lowest BCUT2D eigenvalue weighted by atomic mass is 9.74. The fraction of sp³-hybridized carbons (Fsp3) is 0.474. The number of carbonyl (C=O) groups is 1. The summed E-state index contributed by atoms with van der Waals surface area (Å²) in [7, 11) is 0. The van der Waals surface area contributed by atoms with Crippen LogP contribution in [0.4, 0.5) is 0 Å². The van der Waals surface area contributed by atoms with Crippen molar-refractivity contribution in [3.05, 3.63) is 40.9 Å². The zero-order valence-electron chi connectivity index (χ0n) is 14.6. The van der Waals surface area contributed by atoms with Gasteiger partial charge in [0.05, 0.1) is 18.2 Å². The van der Waals surface area contributed by atoms with E-state index in [9.17, 15) is 4.79 Å². The van der Waals surface area contributed by atoms with E-state index < -0.39 is 5.54 Å². The van der Waals surface area contributed by atoms with E-state index in [1.165, 1.54) is 0 Å². The van der Waals surface area contributed by atoms with Crippen molar-refractivity contribution >= 4 is 17.5 Å². The van der Waals surface area contributed by atoms with Crippen molar-refractivity contribution in [2.75, 3.05) is 0 Å². The zero-order valence-corrected chi connectivity index (χ0v) is 15.4. The van der Waals surface area contributed by atoms with E-state index in [0.717, 1.165) is 36.9 Å². The minimum Gasteiger partial charge on any atom is -0.438 e. The molecule has 2 atom stereocenters. The van der Waals surface area contributed by atoms with Crippen LogP contribution in [0.25, 0.3) is 11.3 Å². The number of rotatable bonds is 4. The number of carbonyl (C=O) groups excluding carboxylic acids is 1. The van der Waals surface area contributed by atoms with Gasteiger partial charge in [-0.15, -0.1) is 0 Å². The molecule has 1 aliphatic rings. The third-order valence-electron chi connectivity index (χ3n) is 4.93. The maximum Gasteiger partial charge on any atom is 0.225 e. The van der Waals surface area contributed by atoms with Gasteiger partial charge < -0.3 is 15.5 Å². The quantitative estimate of drug-likeness (QED) is 0.867. The molecule has 6 heteroatoms. The Labute approximate surface area is 153 Å². The lowest BCUT2D eigenvalue weighted by Gasteiger charge is -2.37. The Kier molecular flexibility index (Phi) is 5.16. The summed E-state index contributed by atoms with van der Waals surface area (Å²) < 4.78 is 5.83. The average Bonchev–Trinajstić information content (AvgIpc) is 2.94. The highest BCUT2D eigenvalue weighted by atomic mass is 35.5. The predicted molar refractivity (Wildman–Crippen MR) is 98.1 cm³/mol. The zero-order chi connectivity index (χ0) is 18.0. The molecule has 0 radical (unpaired) electrons. The van der Waals surface area contributed by atoms with E-state index in [0.29, 0.717) is 16.7 Å². The highest BCUT2D eigenvalue weighted by Gasteiger charge is 2.37. The Balaban J connectivity index is 1.67. The molecule has 1 amide bonds. The molecule has 1 aromatic heterocycles. The second kappa shape index (κ2) is 7.18. The summed E-state index contributed by atoms with van der Waals surface area (Å²) in [4.78, 5) is 16.9. The van der Waals surface area contributed by atoms with Gasteiger partial charge in [0.25, 0.3) is 0 Å². The van der Waals surface area contributed by atoms with Crippen molar-refractivity contribution in [1.29, 1.82) is 0 Å². The van der Waals surface area contributed by atoms with Crippen LogP contribution in [0.1, 0.15) is 44.2 Å². The summed E-state index contributed by atoms with van der Waals surface area (Å²) in [6.07, 6.45) is 3.84. The van der Waals surface area contributed by atoms with Gasteiger partial charge in [-0.3, -0.25) is 4.79 Å². The van der Waals surface area contributed by atoms with E-state index in [4.69, 9.17) is 21.8 Å². The molecular formula is C19H24ClN3O2. The van der Waals surface area contributed by atoms with Crippen LogP contribution in [0.5, 0.6) is 0 Å². The number of nitrogens with one attached hydrogen (secondary N) is 1. The minimum atomic E-state index is -0.441. The van der Waals surface area contributed by atoms with Crippen molar-refractivity contribution in [2.45, 2.75) is 51.6 Å². The molecule has 2 aromatic rings. The van der Waals surface area contributed by atoms with Crippen LogP contribution in [-0.4, -0.2) is 16.4 Å². The Hall–Kier alpha value is -1.85. The van der Waals surface area contributed by atoms with Crippen molar-refractivity contribution in [3.8, 4) is 11.3 Å². The lowest BCUT2D eigenvalue weighted by molar-refractivity contribution is -0.128. The van der Waals surface area contributed by atoms with Gasteiger partial charge in [-0.2, -0.15) is 0 Å². The monoisotopic (exact) mass is 361 g/mol. The van der Waals surface area contributed by atoms with Gasteiger partial charge in [0.1, 0.15) is 0 Å². The number of aromatic nitrogens is 1. The van der Waals surface area contributed by atoms with E-state index >= 15 is 0 Å². The van der Waals surface area contributed by atoms with Gasteiger partial charge in [-0.05, 0) is 51.0 Å². The molecule has 1 aromatic carbocycles. The molecule has 1 fully saturated rings. The molecule has 3 N–H and O–H groups in total. The molecule has 0 aliphatic heterocycles. The highest BCUT2D eigenvalue weighted by Crippen LogP contribution is 2.32. The Bertz CT molecular complexity index is 753. The minimum absolute atomic E-state index is 0.0198. The number of nitrogens with zero attached hydrogens (tertiary/aromatic N) is 1. The molecular weight excluding hydrogens is 338 g/mol. The predicted octanol–water partition coefficient (Wildman–Crippen LogP) is 3.83. The van der Waals surface area contributed by atoms with E-state index in [1.807, 2.05) is 38.1 Å². The molecule has 3 rings (SSSR count). The number of halogens is 1. The third-order valence-corrected chi connectivity index (χ3v) is 5.18. The van der Waals surface area contributed by atoms with Crippen molar-refractivity contribution in [1.82, 2.24) is 10.3 Å². The summed E-state index contributed by atoms with van der Waals surface area (Å²) in [6.45, 7) is 4.11. The molecule has 25 heavy (non-hydrogen) atoms. The number of aryl methyl sites for hydroxylation is 1. The van der Waals surface area contributed by atoms with Crippen LogP contribution in [-0.2, 0) is 11.3 Å².